The zero-order chi connectivity index (χ0) is 8.97. The summed E-state index contributed by atoms with van der Waals surface area (Å²) in [5.74, 6) is 0.765. The summed E-state index contributed by atoms with van der Waals surface area (Å²) < 4.78 is 6.58. The van der Waals surface area contributed by atoms with Gasteiger partial charge >= 0.3 is 0 Å². The van der Waals surface area contributed by atoms with Crippen molar-refractivity contribution in [2.75, 3.05) is 6.61 Å². The van der Waals surface area contributed by atoms with Gasteiger partial charge < -0.3 is 4.74 Å². The second kappa shape index (κ2) is 4.80. The average molecular weight is 266 g/mol. The van der Waals surface area contributed by atoms with Crippen molar-refractivity contribution in [3.8, 4) is 5.75 Å². The van der Waals surface area contributed by atoms with Crippen LogP contribution in [0.4, 0.5) is 0 Å². The second-order valence-electron chi connectivity index (χ2n) is 2.10. The van der Waals surface area contributed by atoms with E-state index in [0.717, 1.165) is 10.2 Å². The minimum atomic E-state index is 0.276. The number of benzene rings is 1. The van der Waals surface area contributed by atoms with Crippen LogP contribution in [-0.4, -0.2) is 10.9 Å². The van der Waals surface area contributed by atoms with Crippen LogP contribution in [0.3, 0.4) is 0 Å². The molecule has 1 aromatic rings. The number of rotatable bonds is 3. The Morgan fingerprint density at radius 1 is 1.42 bits per heavy atom. The van der Waals surface area contributed by atoms with Gasteiger partial charge in [-0.25, -0.2) is 0 Å². The van der Waals surface area contributed by atoms with E-state index in [1.165, 1.54) is 0 Å². The summed E-state index contributed by atoms with van der Waals surface area (Å²) in [5, 5.41) is 0. The molecule has 64 valence electrons. The normalized spacial score (nSPS) is 9.50. The quantitative estimate of drug-likeness (QED) is 0.612. The number of thiocarbonyl (C=S) groups is 1. The summed E-state index contributed by atoms with van der Waals surface area (Å²) >= 11 is 13.4. The SMILES string of the molecule is S=C(Cl)COc1ccc(Br)cc1. The molecule has 12 heavy (non-hydrogen) atoms. The van der Waals surface area contributed by atoms with Gasteiger partial charge in [-0.05, 0) is 24.3 Å². The molecule has 0 atom stereocenters. The molecule has 0 N–H and O–H groups in total. The Hall–Kier alpha value is -0.120. The zero-order valence-corrected chi connectivity index (χ0v) is 9.25. The molecule has 0 spiro atoms. The molecule has 0 aliphatic heterocycles. The van der Waals surface area contributed by atoms with Gasteiger partial charge in [0.15, 0.2) is 0 Å². The van der Waals surface area contributed by atoms with Gasteiger partial charge in [0, 0.05) is 4.47 Å². The van der Waals surface area contributed by atoms with Gasteiger partial charge in [0.05, 0.1) is 0 Å². The summed E-state index contributed by atoms with van der Waals surface area (Å²) in [7, 11) is 0. The first-order chi connectivity index (χ1) is 5.68. The lowest BCUT2D eigenvalue weighted by molar-refractivity contribution is 0.381. The summed E-state index contributed by atoms with van der Waals surface area (Å²) in [6.07, 6.45) is 0. The third-order valence-corrected chi connectivity index (χ3v) is 1.92. The van der Waals surface area contributed by atoms with E-state index in [1.54, 1.807) is 0 Å². The van der Waals surface area contributed by atoms with E-state index in [2.05, 4.69) is 28.1 Å². The number of hydrogen-bond acceptors (Lipinski definition) is 2. The van der Waals surface area contributed by atoms with E-state index in [0.29, 0.717) is 4.32 Å². The summed E-state index contributed by atoms with van der Waals surface area (Å²) in [5.41, 5.74) is 0. The topological polar surface area (TPSA) is 9.23 Å². The lowest BCUT2D eigenvalue weighted by atomic mass is 10.3. The molecular weight excluding hydrogens is 260 g/mol. The predicted octanol–water partition coefficient (Wildman–Crippen LogP) is 3.39. The van der Waals surface area contributed by atoms with Crippen LogP contribution in [0, 0.1) is 0 Å². The maximum atomic E-state index is 5.46. The molecule has 0 saturated carbocycles. The molecule has 0 unspecified atom stereocenters. The number of hydrogen-bond donors (Lipinski definition) is 0. The molecular formula is C8H6BrClOS. The van der Waals surface area contributed by atoms with E-state index in [-0.39, 0.29) is 6.61 Å². The standard InChI is InChI=1S/C8H6BrClOS/c9-6-1-3-7(4-2-6)11-5-8(10)12/h1-4H,5H2. The van der Waals surface area contributed by atoms with Crippen LogP contribution in [0.5, 0.6) is 5.75 Å². The highest BCUT2D eigenvalue weighted by Gasteiger charge is 1.94. The predicted molar refractivity (Wildman–Crippen MR) is 58.1 cm³/mol. The molecule has 0 saturated heterocycles. The van der Waals surface area contributed by atoms with Crippen LogP contribution < -0.4 is 4.74 Å². The minimum Gasteiger partial charge on any atom is -0.487 e. The molecule has 0 bridgehead atoms. The molecule has 0 amide bonds. The Bertz CT molecular complexity index is 273. The summed E-state index contributed by atoms with van der Waals surface area (Å²) in [4.78, 5) is 0. The fourth-order valence-electron chi connectivity index (χ4n) is 0.671. The largest absolute Gasteiger partial charge is 0.487 e. The summed E-state index contributed by atoms with van der Waals surface area (Å²) in [6.45, 7) is 0.276. The second-order valence-corrected chi connectivity index (χ2v) is 4.19. The van der Waals surface area contributed by atoms with Gasteiger partial charge in [-0.2, -0.15) is 0 Å². The Balaban J connectivity index is 2.53. The molecule has 4 heteroatoms. The van der Waals surface area contributed by atoms with Crippen molar-refractivity contribution in [3.05, 3.63) is 28.7 Å². The number of ether oxygens (including phenoxy) is 1. The lowest BCUT2D eigenvalue weighted by Crippen LogP contribution is -2.02. The molecule has 1 rings (SSSR count). The maximum absolute atomic E-state index is 5.46. The third kappa shape index (κ3) is 3.52. The fourth-order valence-corrected chi connectivity index (χ4v) is 1.05. The Morgan fingerprint density at radius 3 is 2.50 bits per heavy atom. The molecule has 1 nitrogen and oxygen atoms in total. The van der Waals surface area contributed by atoms with E-state index in [1.807, 2.05) is 24.3 Å². The minimum absolute atomic E-state index is 0.276. The lowest BCUT2D eigenvalue weighted by Gasteiger charge is -2.02. The average Bonchev–Trinajstić information content (AvgIpc) is 2.03. The Labute approximate surface area is 89.8 Å². The fraction of sp³-hybridized carbons (Fsp3) is 0.125. The highest BCUT2D eigenvalue weighted by molar-refractivity contribution is 9.10. The van der Waals surface area contributed by atoms with Crippen LogP contribution in [0.2, 0.25) is 0 Å². The van der Waals surface area contributed by atoms with E-state index < -0.39 is 0 Å². The highest BCUT2D eigenvalue weighted by Crippen LogP contribution is 2.16. The van der Waals surface area contributed by atoms with Crippen molar-refractivity contribution in [2.45, 2.75) is 0 Å². The van der Waals surface area contributed by atoms with Crippen LogP contribution >= 0.6 is 39.7 Å². The molecule has 0 heterocycles. The van der Waals surface area contributed by atoms with Crippen LogP contribution in [0.15, 0.2) is 28.7 Å². The van der Waals surface area contributed by atoms with Gasteiger partial charge in [0.2, 0.25) is 0 Å². The van der Waals surface area contributed by atoms with Crippen molar-refractivity contribution in [3.63, 3.8) is 0 Å². The van der Waals surface area contributed by atoms with Gasteiger partial charge in [-0.15, -0.1) is 0 Å². The Morgan fingerprint density at radius 2 is 2.00 bits per heavy atom. The van der Waals surface area contributed by atoms with Crippen molar-refractivity contribution in [1.29, 1.82) is 0 Å². The Kier molecular flexibility index (Phi) is 3.98. The third-order valence-electron chi connectivity index (χ3n) is 1.17. The number of halogens is 2. The van der Waals surface area contributed by atoms with Gasteiger partial charge in [0.1, 0.15) is 16.7 Å². The van der Waals surface area contributed by atoms with E-state index >= 15 is 0 Å². The highest BCUT2D eigenvalue weighted by atomic mass is 79.9. The van der Waals surface area contributed by atoms with Crippen molar-refractivity contribution in [1.82, 2.24) is 0 Å². The van der Waals surface area contributed by atoms with Crippen LogP contribution in [-0.2, 0) is 0 Å². The smallest absolute Gasteiger partial charge is 0.134 e. The first-order valence-electron chi connectivity index (χ1n) is 3.25. The maximum Gasteiger partial charge on any atom is 0.134 e. The van der Waals surface area contributed by atoms with Crippen molar-refractivity contribution < 1.29 is 4.74 Å². The van der Waals surface area contributed by atoms with Crippen LogP contribution in [0.25, 0.3) is 0 Å². The molecule has 0 radical (unpaired) electrons. The monoisotopic (exact) mass is 264 g/mol. The zero-order valence-electron chi connectivity index (χ0n) is 6.09. The first-order valence-corrected chi connectivity index (χ1v) is 4.83. The molecule has 0 fully saturated rings. The molecule has 0 aliphatic rings. The van der Waals surface area contributed by atoms with Crippen molar-refractivity contribution >= 4 is 44.1 Å². The molecule has 1 aromatic carbocycles. The van der Waals surface area contributed by atoms with Crippen molar-refractivity contribution in [2.24, 2.45) is 0 Å². The van der Waals surface area contributed by atoms with E-state index in [4.69, 9.17) is 16.3 Å². The van der Waals surface area contributed by atoms with Crippen LogP contribution in [0.1, 0.15) is 0 Å². The summed E-state index contributed by atoms with van der Waals surface area (Å²) in [6, 6.07) is 7.48. The first kappa shape index (κ1) is 9.96. The van der Waals surface area contributed by atoms with Gasteiger partial charge in [-0.3, -0.25) is 0 Å². The van der Waals surface area contributed by atoms with E-state index in [9.17, 15) is 0 Å². The molecule has 0 aromatic heterocycles. The van der Waals surface area contributed by atoms with Gasteiger partial charge in [0.25, 0.3) is 0 Å². The van der Waals surface area contributed by atoms with Gasteiger partial charge in [-0.1, -0.05) is 39.7 Å². The molecule has 0 aliphatic carbocycles.